The van der Waals surface area contributed by atoms with Crippen LogP contribution in [0.1, 0.15) is 40.0 Å². The van der Waals surface area contributed by atoms with Gasteiger partial charge in [0.15, 0.2) is 0 Å². The number of hydrogen-bond acceptors (Lipinski definition) is 3. The smallest absolute Gasteiger partial charge is 0.221 e. The van der Waals surface area contributed by atoms with Crippen molar-refractivity contribution < 1.29 is 9.53 Å². The van der Waals surface area contributed by atoms with Crippen LogP contribution in [0.3, 0.4) is 0 Å². The number of carbonyl (C=O) groups is 1. The largest absolute Gasteiger partial charge is 0.495 e. The molecule has 0 aliphatic heterocycles. The number of methoxy groups -OCH3 is 1. The molecule has 0 aromatic heterocycles. The molecule has 2 N–H and O–H groups in total. The third kappa shape index (κ3) is 5.20. The van der Waals surface area contributed by atoms with Crippen molar-refractivity contribution in [3.05, 3.63) is 18.2 Å². The Morgan fingerprint density at radius 3 is 2.74 bits per heavy atom. The first-order valence-electron chi connectivity index (χ1n) is 6.79. The lowest BCUT2D eigenvalue weighted by atomic mass is 10.1. The van der Waals surface area contributed by atoms with E-state index in [9.17, 15) is 4.79 Å². The number of carbonyl (C=O) groups excluding carboxylic acids is 1. The molecule has 0 saturated heterocycles. The number of anilines is 2. The second-order valence-electron chi connectivity index (χ2n) is 4.78. The van der Waals surface area contributed by atoms with E-state index in [1.54, 1.807) is 7.11 Å². The lowest BCUT2D eigenvalue weighted by molar-refractivity contribution is -0.114. The lowest BCUT2D eigenvalue weighted by Gasteiger charge is -2.18. The Morgan fingerprint density at radius 1 is 1.42 bits per heavy atom. The molecule has 1 aromatic carbocycles. The van der Waals surface area contributed by atoms with Crippen molar-refractivity contribution >= 4 is 17.3 Å². The highest BCUT2D eigenvalue weighted by Gasteiger charge is 2.08. The second kappa shape index (κ2) is 7.67. The van der Waals surface area contributed by atoms with E-state index < -0.39 is 0 Å². The minimum Gasteiger partial charge on any atom is -0.495 e. The number of hydrogen-bond donors (Lipinski definition) is 2. The molecule has 0 fully saturated rings. The average Bonchev–Trinajstić information content (AvgIpc) is 2.36. The highest BCUT2D eigenvalue weighted by atomic mass is 16.5. The van der Waals surface area contributed by atoms with E-state index >= 15 is 0 Å². The zero-order valence-electron chi connectivity index (χ0n) is 12.2. The van der Waals surface area contributed by atoms with Gasteiger partial charge in [-0.15, -0.1) is 0 Å². The maximum absolute atomic E-state index is 11.1. The molecule has 1 amide bonds. The Labute approximate surface area is 115 Å². The van der Waals surface area contributed by atoms with Gasteiger partial charge in [-0.3, -0.25) is 4.79 Å². The summed E-state index contributed by atoms with van der Waals surface area (Å²) in [6.07, 6.45) is 3.50. The zero-order valence-corrected chi connectivity index (χ0v) is 12.2. The van der Waals surface area contributed by atoms with E-state index in [0.29, 0.717) is 6.04 Å². The van der Waals surface area contributed by atoms with Crippen molar-refractivity contribution in [3.8, 4) is 5.75 Å². The van der Waals surface area contributed by atoms with Gasteiger partial charge in [0, 0.05) is 18.7 Å². The summed E-state index contributed by atoms with van der Waals surface area (Å²) >= 11 is 0. The standard InChI is InChI=1S/C15H24N2O2/c1-5-6-7-11(2)16-14-10-13(17-12(3)18)8-9-15(14)19-4/h8-11,16H,5-7H2,1-4H3,(H,17,18)/t11-/m0/s1. The second-order valence-corrected chi connectivity index (χ2v) is 4.78. The molecule has 0 spiro atoms. The van der Waals surface area contributed by atoms with Gasteiger partial charge >= 0.3 is 0 Å². The Bertz CT molecular complexity index is 419. The van der Waals surface area contributed by atoms with Crippen molar-refractivity contribution in [1.82, 2.24) is 0 Å². The van der Waals surface area contributed by atoms with Crippen LogP contribution in [0, 0.1) is 0 Å². The molecular weight excluding hydrogens is 240 g/mol. The molecule has 0 unspecified atom stereocenters. The van der Waals surface area contributed by atoms with Crippen molar-refractivity contribution in [2.45, 2.75) is 46.1 Å². The summed E-state index contributed by atoms with van der Waals surface area (Å²) < 4.78 is 5.34. The lowest BCUT2D eigenvalue weighted by Crippen LogP contribution is -2.16. The van der Waals surface area contributed by atoms with Crippen molar-refractivity contribution in [2.75, 3.05) is 17.7 Å². The Balaban J connectivity index is 2.80. The molecule has 0 radical (unpaired) electrons. The van der Waals surface area contributed by atoms with Crippen molar-refractivity contribution in [2.24, 2.45) is 0 Å². The monoisotopic (exact) mass is 264 g/mol. The molecule has 4 nitrogen and oxygen atoms in total. The molecular formula is C15H24N2O2. The van der Waals surface area contributed by atoms with Crippen LogP contribution in [-0.4, -0.2) is 19.1 Å². The fraction of sp³-hybridized carbons (Fsp3) is 0.533. The molecule has 0 aliphatic carbocycles. The number of ether oxygens (including phenoxy) is 1. The van der Waals surface area contributed by atoms with Gasteiger partial charge in [-0.25, -0.2) is 0 Å². The van der Waals surface area contributed by atoms with E-state index in [1.807, 2.05) is 18.2 Å². The van der Waals surface area contributed by atoms with Gasteiger partial charge in [0.1, 0.15) is 5.75 Å². The number of unbranched alkanes of at least 4 members (excludes halogenated alkanes) is 1. The molecule has 0 aliphatic rings. The minimum absolute atomic E-state index is 0.0739. The summed E-state index contributed by atoms with van der Waals surface area (Å²) in [4.78, 5) is 11.1. The van der Waals surface area contributed by atoms with E-state index in [4.69, 9.17) is 4.74 Å². The molecule has 1 atom stereocenters. The molecule has 106 valence electrons. The van der Waals surface area contributed by atoms with Crippen LogP contribution in [0.4, 0.5) is 11.4 Å². The van der Waals surface area contributed by atoms with Gasteiger partial charge in [0.2, 0.25) is 5.91 Å². The predicted octanol–water partition coefficient (Wildman–Crippen LogP) is 3.64. The highest BCUT2D eigenvalue weighted by Crippen LogP contribution is 2.28. The quantitative estimate of drug-likeness (QED) is 0.790. The van der Waals surface area contributed by atoms with Gasteiger partial charge in [-0.1, -0.05) is 19.8 Å². The van der Waals surface area contributed by atoms with E-state index in [2.05, 4.69) is 24.5 Å². The molecule has 4 heteroatoms. The normalized spacial score (nSPS) is 11.8. The molecule has 0 heterocycles. The summed E-state index contributed by atoms with van der Waals surface area (Å²) in [6, 6.07) is 5.98. The topological polar surface area (TPSA) is 50.4 Å². The molecule has 0 saturated carbocycles. The predicted molar refractivity (Wildman–Crippen MR) is 79.9 cm³/mol. The third-order valence-electron chi connectivity index (χ3n) is 2.91. The summed E-state index contributed by atoms with van der Waals surface area (Å²) in [7, 11) is 1.65. The number of nitrogens with one attached hydrogen (secondary N) is 2. The van der Waals surface area contributed by atoms with Crippen molar-refractivity contribution in [1.29, 1.82) is 0 Å². The zero-order chi connectivity index (χ0) is 14.3. The first kappa shape index (κ1) is 15.3. The summed E-state index contributed by atoms with van der Waals surface area (Å²) in [5, 5.41) is 6.21. The first-order valence-corrected chi connectivity index (χ1v) is 6.79. The average molecular weight is 264 g/mol. The Hall–Kier alpha value is -1.71. The third-order valence-corrected chi connectivity index (χ3v) is 2.91. The molecule has 1 rings (SSSR count). The Morgan fingerprint density at radius 2 is 2.16 bits per heavy atom. The summed E-state index contributed by atoms with van der Waals surface area (Å²) in [5.41, 5.74) is 1.69. The van der Waals surface area contributed by atoms with Gasteiger partial charge in [0.05, 0.1) is 12.8 Å². The van der Waals surface area contributed by atoms with Crippen molar-refractivity contribution in [3.63, 3.8) is 0 Å². The SMILES string of the molecule is CCCC[C@H](C)Nc1cc(NC(C)=O)ccc1OC. The molecule has 1 aromatic rings. The number of benzene rings is 1. The van der Waals surface area contributed by atoms with Crippen LogP contribution in [0.5, 0.6) is 5.75 Å². The van der Waals surface area contributed by atoms with E-state index in [1.165, 1.54) is 19.8 Å². The highest BCUT2D eigenvalue weighted by molar-refractivity contribution is 5.89. The van der Waals surface area contributed by atoms with Gasteiger partial charge in [-0.05, 0) is 31.5 Å². The van der Waals surface area contributed by atoms with Gasteiger partial charge in [0.25, 0.3) is 0 Å². The number of rotatable bonds is 7. The molecule has 19 heavy (non-hydrogen) atoms. The minimum atomic E-state index is -0.0739. The van der Waals surface area contributed by atoms with E-state index in [0.717, 1.165) is 23.5 Å². The Kier molecular flexibility index (Phi) is 6.19. The van der Waals surface area contributed by atoms with Gasteiger partial charge < -0.3 is 15.4 Å². The van der Waals surface area contributed by atoms with Crippen LogP contribution in [0.2, 0.25) is 0 Å². The number of amides is 1. The fourth-order valence-corrected chi connectivity index (χ4v) is 1.95. The fourth-order valence-electron chi connectivity index (χ4n) is 1.95. The summed E-state index contributed by atoms with van der Waals surface area (Å²) in [5.74, 6) is 0.715. The van der Waals surface area contributed by atoms with Crippen LogP contribution >= 0.6 is 0 Å². The van der Waals surface area contributed by atoms with Gasteiger partial charge in [-0.2, -0.15) is 0 Å². The molecule has 0 bridgehead atoms. The van der Waals surface area contributed by atoms with Crippen LogP contribution < -0.4 is 15.4 Å². The maximum atomic E-state index is 11.1. The maximum Gasteiger partial charge on any atom is 0.221 e. The van der Waals surface area contributed by atoms with Crippen LogP contribution in [0.15, 0.2) is 18.2 Å². The summed E-state index contributed by atoms with van der Waals surface area (Å²) in [6.45, 7) is 5.84. The van der Waals surface area contributed by atoms with Crippen LogP contribution in [0.25, 0.3) is 0 Å². The first-order chi connectivity index (χ1) is 9.06. The van der Waals surface area contributed by atoms with E-state index in [-0.39, 0.29) is 5.91 Å². The van der Waals surface area contributed by atoms with Crippen LogP contribution in [-0.2, 0) is 4.79 Å².